The standard InChI is InChI=1S/C6H14O2.C2H6O2/c1-3-4-5-6(2,7)8;3-1-2-4/h7-8H,3-5H2,1-2H3;3-4H,1-2H2. The zero-order valence-electron chi connectivity index (χ0n) is 7.82. The first-order chi connectivity index (χ1) is 5.47. The fourth-order valence-electron chi connectivity index (χ4n) is 0.512. The predicted molar refractivity (Wildman–Crippen MR) is 46.5 cm³/mol. The van der Waals surface area contributed by atoms with E-state index in [2.05, 4.69) is 0 Å². The molecule has 0 bridgehead atoms. The molecular formula is C8H20O4. The Labute approximate surface area is 73.5 Å². The molecule has 0 fully saturated rings. The van der Waals surface area contributed by atoms with Crippen molar-refractivity contribution in [1.82, 2.24) is 0 Å². The van der Waals surface area contributed by atoms with Crippen LogP contribution in [0.2, 0.25) is 0 Å². The maximum Gasteiger partial charge on any atom is 0.159 e. The smallest absolute Gasteiger partial charge is 0.159 e. The van der Waals surface area contributed by atoms with Crippen LogP contribution in [0.4, 0.5) is 0 Å². The number of hydrogen-bond donors (Lipinski definition) is 4. The number of aliphatic hydroxyl groups excluding tert-OH is 2. The van der Waals surface area contributed by atoms with Gasteiger partial charge in [0.2, 0.25) is 0 Å². The van der Waals surface area contributed by atoms with Crippen molar-refractivity contribution < 1.29 is 20.4 Å². The van der Waals surface area contributed by atoms with Gasteiger partial charge in [-0.25, -0.2) is 0 Å². The molecule has 0 spiro atoms. The van der Waals surface area contributed by atoms with E-state index in [1.165, 1.54) is 6.92 Å². The SMILES string of the molecule is CCCCC(C)(O)O.OCCO. The number of rotatable bonds is 4. The third-order valence-electron chi connectivity index (χ3n) is 1.10. The van der Waals surface area contributed by atoms with Crippen molar-refractivity contribution in [3.63, 3.8) is 0 Å². The molecule has 0 heterocycles. The summed E-state index contributed by atoms with van der Waals surface area (Å²) in [5, 5.41) is 32.7. The predicted octanol–water partition coefficient (Wildman–Crippen LogP) is -0.152. The highest BCUT2D eigenvalue weighted by molar-refractivity contribution is 4.53. The van der Waals surface area contributed by atoms with Crippen LogP contribution in [0.25, 0.3) is 0 Å². The summed E-state index contributed by atoms with van der Waals surface area (Å²) in [6, 6.07) is 0. The zero-order chi connectivity index (χ0) is 10.0. The summed E-state index contributed by atoms with van der Waals surface area (Å²) >= 11 is 0. The van der Waals surface area contributed by atoms with Crippen LogP contribution >= 0.6 is 0 Å². The number of unbranched alkanes of at least 4 members (excludes halogenated alkanes) is 1. The van der Waals surface area contributed by atoms with Crippen molar-refractivity contribution in [2.45, 2.75) is 38.9 Å². The maximum atomic E-state index is 8.70. The molecule has 76 valence electrons. The molecule has 4 heteroatoms. The lowest BCUT2D eigenvalue weighted by Gasteiger charge is -2.13. The second kappa shape index (κ2) is 8.93. The first kappa shape index (κ1) is 14.4. The normalized spacial score (nSPS) is 10.5. The minimum absolute atomic E-state index is 0.125. The second-order valence-electron chi connectivity index (χ2n) is 2.77. The van der Waals surface area contributed by atoms with E-state index in [-0.39, 0.29) is 13.2 Å². The second-order valence-corrected chi connectivity index (χ2v) is 2.77. The van der Waals surface area contributed by atoms with Crippen molar-refractivity contribution in [3.05, 3.63) is 0 Å². The molecule has 0 aromatic rings. The molecule has 0 aromatic heterocycles. The fraction of sp³-hybridized carbons (Fsp3) is 1.00. The highest BCUT2D eigenvalue weighted by Crippen LogP contribution is 2.07. The molecule has 0 saturated heterocycles. The topological polar surface area (TPSA) is 80.9 Å². The van der Waals surface area contributed by atoms with Crippen LogP contribution in [0.15, 0.2) is 0 Å². The van der Waals surface area contributed by atoms with E-state index in [4.69, 9.17) is 20.4 Å². The van der Waals surface area contributed by atoms with E-state index >= 15 is 0 Å². The zero-order valence-corrected chi connectivity index (χ0v) is 7.82. The molecule has 4 N–H and O–H groups in total. The molecule has 0 aromatic carbocycles. The highest BCUT2D eigenvalue weighted by Gasteiger charge is 2.12. The first-order valence-electron chi connectivity index (χ1n) is 4.14. The lowest BCUT2D eigenvalue weighted by Crippen LogP contribution is -2.22. The van der Waals surface area contributed by atoms with Crippen molar-refractivity contribution in [2.75, 3.05) is 13.2 Å². The summed E-state index contributed by atoms with van der Waals surface area (Å²) < 4.78 is 0. The molecule has 12 heavy (non-hydrogen) atoms. The third kappa shape index (κ3) is 22.5. The Bertz CT molecular complexity index is 75.6. The van der Waals surface area contributed by atoms with Gasteiger partial charge in [0.05, 0.1) is 13.2 Å². The third-order valence-corrected chi connectivity index (χ3v) is 1.10. The van der Waals surface area contributed by atoms with E-state index in [9.17, 15) is 0 Å². The summed E-state index contributed by atoms with van der Waals surface area (Å²) in [6.07, 6.45) is 2.36. The molecule has 4 nitrogen and oxygen atoms in total. The quantitative estimate of drug-likeness (QED) is 0.453. The average molecular weight is 180 g/mol. The Morgan fingerprint density at radius 1 is 1.08 bits per heavy atom. The van der Waals surface area contributed by atoms with Crippen LogP contribution in [-0.2, 0) is 0 Å². The van der Waals surface area contributed by atoms with Gasteiger partial charge in [-0.05, 0) is 13.3 Å². The van der Waals surface area contributed by atoms with E-state index < -0.39 is 5.79 Å². The molecule has 0 radical (unpaired) electrons. The Hall–Kier alpha value is -0.160. The molecule has 0 unspecified atom stereocenters. The van der Waals surface area contributed by atoms with Gasteiger partial charge in [0.1, 0.15) is 0 Å². The maximum absolute atomic E-state index is 8.70. The van der Waals surface area contributed by atoms with Crippen molar-refractivity contribution >= 4 is 0 Å². The van der Waals surface area contributed by atoms with Crippen LogP contribution in [0.1, 0.15) is 33.1 Å². The summed E-state index contributed by atoms with van der Waals surface area (Å²) in [5.74, 6) is -1.45. The monoisotopic (exact) mass is 180 g/mol. The largest absolute Gasteiger partial charge is 0.394 e. The van der Waals surface area contributed by atoms with Gasteiger partial charge in [0.15, 0.2) is 5.79 Å². The Kier molecular flexibility index (Phi) is 10.7. The minimum atomic E-state index is -1.45. The number of aliphatic hydroxyl groups is 4. The molecule has 0 aliphatic rings. The molecule has 0 atom stereocenters. The van der Waals surface area contributed by atoms with Gasteiger partial charge in [-0.2, -0.15) is 0 Å². The molecular weight excluding hydrogens is 160 g/mol. The van der Waals surface area contributed by atoms with Gasteiger partial charge in [-0.1, -0.05) is 13.3 Å². The van der Waals surface area contributed by atoms with Crippen molar-refractivity contribution in [1.29, 1.82) is 0 Å². The van der Waals surface area contributed by atoms with Gasteiger partial charge in [0, 0.05) is 6.42 Å². The van der Waals surface area contributed by atoms with Crippen molar-refractivity contribution in [2.24, 2.45) is 0 Å². The van der Waals surface area contributed by atoms with E-state index in [0.717, 1.165) is 12.8 Å². The molecule has 0 aliphatic heterocycles. The lowest BCUT2D eigenvalue weighted by molar-refractivity contribution is -0.150. The van der Waals surface area contributed by atoms with Crippen LogP contribution in [0.3, 0.4) is 0 Å². The Balaban J connectivity index is 0. The van der Waals surface area contributed by atoms with Crippen LogP contribution in [0.5, 0.6) is 0 Å². The van der Waals surface area contributed by atoms with E-state index in [1.54, 1.807) is 0 Å². The average Bonchev–Trinajstić information content (AvgIpc) is 2.00. The van der Waals surface area contributed by atoms with Gasteiger partial charge in [-0.15, -0.1) is 0 Å². The van der Waals surface area contributed by atoms with Gasteiger partial charge < -0.3 is 20.4 Å². The Morgan fingerprint density at radius 2 is 1.50 bits per heavy atom. The summed E-state index contributed by atoms with van der Waals surface area (Å²) in [5.41, 5.74) is 0. The van der Waals surface area contributed by atoms with E-state index in [1.807, 2.05) is 6.92 Å². The van der Waals surface area contributed by atoms with Gasteiger partial charge >= 0.3 is 0 Å². The molecule has 0 rings (SSSR count). The molecule has 0 saturated carbocycles. The van der Waals surface area contributed by atoms with Crippen LogP contribution in [-0.4, -0.2) is 39.4 Å². The van der Waals surface area contributed by atoms with Crippen LogP contribution in [0, 0.1) is 0 Å². The number of hydrogen-bond acceptors (Lipinski definition) is 4. The highest BCUT2D eigenvalue weighted by atomic mass is 16.5. The summed E-state index contributed by atoms with van der Waals surface area (Å²) in [4.78, 5) is 0. The van der Waals surface area contributed by atoms with Crippen LogP contribution < -0.4 is 0 Å². The minimum Gasteiger partial charge on any atom is -0.394 e. The molecule has 0 aliphatic carbocycles. The summed E-state index contributed by atoms with van der Waals surface area (Å²) in [6.45, 7) is 3.18. The first-order valence-corrected chi connectivity index (χ1v) is 4.14. The Morgan fingerprint density at radius 3 is 1.58 bits per heavy atom. The van der Waals surface area contributed by atoms with Gasteiger partial charge in [0.25, 0.3) is 0 Å². The van der Waals surface area contributed by atoms with Crippen molar-refractivity contribution in [3.8, 4) is 0 Å². The van der Waals surface area contributed by atoms with E-state index in [0.29, 0.717) is 6.42 Å². The molecule has 0 amide bonds. The fourth-order valence-corrected chi connectivity index (χ4v) is 0.512. The van der Waals surface area contributed by atoms with Gasteiger partial charge in [-0.3, -0.25) is 0 Å². The lowest BCUT2D eigenvalue weighted by atomic mass is 10.1. The summed E-state index contributed by atoms with van der Waals surface area (Å²) in [7, 11) is 0.